The van der Waals surface area contributed by atoms with E-state index in [1.165, 1.54) is 49.0 Å². The molecule has 0 amide bonds. The molecule has 0 bridgehead atoms. The molecule has 0 fully saturated rings. The predicted molar refractivity (Wildman–Crippen MR) is 146 cm³/mol. The van der Waals surface area contributed by atoms with Crippen molar-refractivity contribution in [3.05, 3.63) is 144 Å². The Morgan fingerprint density at radius 3 is 0.788 bits per heavy atom. The second-order valence-electron chi connectivity index (χ2n) is 8.55. The van der Waals surface area contributed by atoms with Crippen molar-refractivity contribution in [2.75, 3.05) is 0 Å². The maximum absolute atomic E-state index is 2.20. The summed E-state index contributed by atoms with van der Waals surface area (Å²) in [6, 6.07) is 44.7. The first-order valence-corrected chi connectivity index (χ1v) is 11.4. The fraction of sp³-hybridized carbons (Fsp3) is 0.0909. The topological polar surface area (TPSA) is 0 Å². The Kier molecular flexibility index (Phi) is 7.17. The normalized spacial score (nSPS) is 10.3. The van der Waals surface area contributed by atoms with Crippen LogP contribution in [0.1, 0.15) is 16.7 Å². The van der Waals surface area contributed by atoms with Crippen LogP contribution < -0.4 is 0 Å². The van der Waals surface area contributed by atoms with E-state index in [2.05, 4.69) is 148 Å². The number of hydrogen-bond donors (Lipinski definition) is 0. The lowest BCUT2D eigenvalue weighted by atomic mass is 10.1. The maximum Gasteiger partial charge on any atom is -0.0181 e. The van der Waals surface area contributed by atoms with Gasteiger partial charge in [0.15, 0.2) is 0 Å². The van der Waals surface area contributed by atoms with Crippen LogP contribution in [0.15, 0.2) is 127 Å². The van der Waals surface area contributed by atoms with Gasteiger partial charge in [0.05, 0.1) is 0 Å². The highest BCUT2D eigenvalue weighted by Crippen LogP contribution is 2.16. The summed E-state index contributed by atoms with van der Waals surface area (Å²) in [6.07, 6.45) is 0. The third-order valence-electron chi connectivity index (χ3n) is 5.71. The predicted octanol–water partition coefficient (Wildman–Crippen LogP) is 9.44. The number of fused-ring (bicyclic) bond motifs is 3. The molecular formula is C33H30. The van der Waals surface area contributed by atoms with Gasteiger partial charge in [0.1, 0.15) is 0 Å². The minimum Gasteiger partial charge on any atom is -0.0616 e. The molecule has 0 radical (unpaired) electrons. The monoisotopic (exact) mass is 426 g/mol. The van der Waals surface area contributed by atoms with Gasteiger partial charge in [0.25, 0.3) is 0 Å². The summed E-state index contributed by atoms with van der Waals surface area (Å²) in [5.41, 5.74) is 3.97. The number of benzene rings is 6. The lowest BCUT2D eigenvalue weighted by molar-refractivity contribution is 1.51. The van der Waals surface area contributed by atoms with E-state index in [-0.39, 0.29) is 0 Å². The van der Waals surface area contributed by atoms with Crippen molar-refractivity contribution >= 4 is 32.3 Å². The van der Waals surface area contributed by atoms with Crippen molar-refractivity contribution in [2.45, 2.75) is 20.8 Å². The molecule has 0 spiro atoms. The standard InChI is InChI=1S/3C11H10/c3*1-9-6-7-10-4-2-3-5-11(10)8-9/h3*2-8H,1H3. The van der Waals surface area contributed by atoms with Crippen LogP contribution in [0, 0.1) is 20.8 Å². The number of hydrogen-bond acceptors (Lipinski definition) is 0. The summed E-state index contributed by atoms with van der Waals surface area (Å²) >= 11 is 0. The fourth-order valence-corrected chi connectivity index (χ4v) is 3.93. The molecule has 0 N–H and O–H groups in total. The Bertz CT molecular complexity index is 1310. The van der Waals surface area contributed by atoms with Crippen LogP contribution in [-0.2, 0) is 0 Å². The highest BCUT2D eigenvalue weighted by Gasteiger charge is 1.91. The van der Waals surface area contributed by atoms with E-state index in [0.29, 0.717) is 0 Å². The molecule has 6 rings (SSSR count). The van der Waals surface area contributed by atoms with E-state index in [1.807, 2.05) is 0 Å². The lowest BCUT2D eigenvalue weighted by Crippen LogP contribution is -1.73. The van der Waals surface area contributed by atoms with Crippen molar-refractivity contribution in [2.24, 2.45) is 0 Å². The summed E-state index contributed by atoms with van der Waals surface area (Å²) in [4.78, 5) is 0. The largest absolute Gasteiger partial charge is 0.0616 e. The molecule has 0 saturated carbocycles. The highest BCUT2D eigenvalue weighted by atomic mass is 14.0. The van der Waals surface area contributed by atoms with E-state index < -0.39 is 0 Å². The molecule has 0 saturated heterocycles. The molecule has 6 aromatic carbocycles. The second kappa shape index (κ2) is 10.6. The molecule has 0 nitrogen and oxygen atoms in total. The van der Waals surface area contributed by atoms with Crippen molar-refractivity contribution in [1.82, 2.24) is 0 Å². The van der Waals surface area contributed by atoms with Gasteiger partial charge in [-0.15, -0.1) is 0 Å². The summed E-state index contributed by atoms with van der Waals surface area (Å²) in [6.45, 7) is 6.35. The molecule has 0 unspecified atom stereocenters. The average molecular weight is 427 g/mol. The summed E-state index contributed by atoms with van der Waals surface area (Å²) in [5.74, 6) is 0. The van der Waals surface area contributed by atoms with E-state index >= 15 is 0 Å². The van der Waals surface area contributed by atoms with Crippen molar-refractivity contribution in [1.29, 1.82) is 0 Å². The van der Waals surface area contributed by atoms with Gasteiger partial charge in [0, 0.05) is 0 Å². The van der Waals surface area contributed by atoms with Crippen molar-refractivity contribution in [3.8, 4) is 0 Å². The first-order chi connectivity index (χ1) is 16.1. The third-order valence-corrected chi connectivity index (χ3v) is 5.71. The van der Waals surface area contributed by atoms with Crippen LogP contribution in [-0.4, -0.2) is 0 Å². The first-order valence-electron chi connectivity index (χ1n) is 11.4. The molecule has 0 aliphatic rings. The van der Waals surface area contributed by atoms with E-state index in [0.717, 1.165) is 0 Å². The van der Waals surface area contributed by atoms with E-state index in [4.69, 9.17) is 0 Å². The minimum absolute atomic E-state index is 1.32. The van der Waals surface area contributed by atoms with Gasteiger partial charge in [-0.25, -0.2) is 0 Å². The molecule has 0 atom stereocenters. The summed E-state index contributed by atoms with van der Waals surface area (Å²) < 4.78 is 0. The Morgan fingerprint density at radius 2 is 0.515 bits per heavy atom. The molecule has 0 aliphatic carbocycles. The zero-order valence-electron chi connectivity index (χ0n) is 19.6. The maximum atomic E-state index is 2.20. The van der Waals surface area contributed by atoms with Crippen LogP contribution >= 0.6 is 0 Å². The van der Waals surface area contributed by atoms with Crippen molar-refractivity contribution in [3.63, 3.8) is 0 Å². The lowest BCUT2D eigenvalue weighted by Gasteiger charge is -1.96. The molecule has 0 heteroatoms. The smallest absolute Gasteiger partial charge is 0.0181 e. The van der Waals surface area contributed by atoms with Crippen LogP contribution in [0.3, 0.4) is 0 Å². The number of rotatable bonds is 0. The van der Waals surface area contributed by atoms with E-state index in [1.54, 1.807) is 0 Å². The fourth-order valence-electron chi connectivity index (χ4n) is 3.93. The second-order valence-corrected chi connectivity index (χ2v) is 8.55. The Hall–Kier alpha value is -3.90. The Morgan fingerprint density at radius 1 is 0.273 bits per heavy atom. The van der Waals surface area contributed by atoms with Crippen LogP contribution in [0.2, 0.25) is 0 Å². The van der Waals surface area contributed by atoms with Crippen LogP contribution in [0.5, 0.6) is 0 Å². The molecule has 6 aromatic rings. The van der Waals surface area contributed by atoms with Gasteiger partial charge < -0.3 is 0 Å². The van der Waals surface area contributed by atoms with Gasteiger partial charge in [-0.1, -0.05) is 144 Å². The quantitative estimate of drug-likeness (QED) is 0.227. The molecule has 0 aromatic heterocycles. The summed E-state index contributed by atoms with van der Waals surface area (Å²) in [5, 5.41) is 7.93. The molecule has 33 heavy (non-hydrogen) atoms. The third kappa shape index (κ3) is 6.08. The van der Waals surface area contributed by atoms with Crippen LogP contribution in [0.25, 0.3) is 32.3 Å². The minimum atomic E-state index is 1.32. The van der Waals surface area contributed by atoms with Gasteiger partial charge in [-0.05, 0) is 53.1 Å². The average Bonchev–Trinajstić information content (AvgIpc) is 2.84. The summed E-state index contributed by atoms with van der Waals surface area (Å²) in [7, 11) is 0. The molecular weight excluding hydrogens is 396 g/mol. The Labute approximate surface area is 197 Å². The Balaban J connectivity index is 0.000000118. The van der Waals surface area contributed by atoms with Crippen molar-refractivity contribution < 1.29 is 0 Å². The zero-order valence-corrected chi connectivity index (χ0v) is 19.6. The molecule has 162 valence electrons. The van der Waals surface area contributed by atoms with Gasteiger partial charge in [-0.2, -0.15) is 0 Å². The highest BCUT2D eigenvalue weighted by molar-refractivity contribution is 5.84. The first kappa shape index (κ1) is 22.3. The zero-order chi connectivity index (χ0) is 23.0. The van der Waals surface area contributed by atoms with Crippen LogP contribution in [0.4, 0.5) is 0 Å². The van der Waals surface area contributed by atoms with Gasteiger partial charge >= 0.3 is 0 Å². The molecule has 0 heterocycles. The number of aryl methyl sites for hydroxylation is 3. The SMILES string of the molecule is Cc1ccc2ccccc2c1.Cc1ccc2ccccc2c1.Cc1ccc2ccccc2c1. The van der Waals surface area contributed by atoms with Gasteiger partial charge in [0.2, 0.25) is 0 Å². The van der Waals surface area contributed by atoms with Gasteiger partial charge in [-0.3, -0.25) is 0 Å². The van der Waals surface area contributed by atoms with E-state index in [9.17, 15) is 0 Å². The molecule has 0 aliphatic heterocycles.